The minimum Gasteiger partial charge on any atom is -0.480 e. The summed E-state index contributed by atoms with van der Waals surface area (Å²) in [6.07, 6.45) is 0. The number of nitrogens with zero attached hydrogens (tertiary/aromatic N) is 2. The van der Waals surface area contributed by atoms with Crippen molar-refractivity contribution in [2.75, 3.05) is 11.6 Å². The normalized spacial score (nSPS) is 18.3. The van der Waals surface area contributed by atoms with Crippen molar-refractivity contribution in [1.82, 2.24) is 4.90 Å². The van der Waals surface area contributed by atoms with Gasteiger partial charge >= 0.3 is 5.97 Å². The van der Waals surface area contributed by atoms with Gasteiger partial charge in [0.2, 0.25) is 0 Å². The first kappa shape index (κ1) is 13.3. The Hall–Kier alpha value is -2.09. The number of carboxylic acids is 1. The molecule has 1 atom stereocenters. The van der Waals surface area contributed by atoms with Gasteiger partial charge in [-0.25, -0.2) is 4.79 Å². The van der Waals surface area contributed by atoms with Gasteiger partial charge in [0.1, 0.15) is 6.04 Å². The lowest BCUT2D eigenvalue weighted by molar-refractivity contribution is -0.384. The predicted octanol–water partition coefficient (Wildman–Crippen LogP) is 1.19. The summed E-state index contributed by atoms with van der Waals surface area (Å²) in [5.74, 6) is -0.959. The Morgan fingerprint density at radius 3 is 2.84 bits per heavy atom. The molecular weight excluding hydrogens is 272 g/mol. The minimum atomic E-state index is -1.07. The second-order valence-corrected chi connectivity index (χ2v) is 4.94. The average molecular weight is 282 g/mol. The van der Waals surface area contributed by atoms with Crippen molar-refractivity contribution in [3.63, 3.8) is 0 Å². The van der Waals surface area contributed by atoms with Crippen molar-refractivity contribution in [3.05, 3.63) is 39.9 Å². The Balaban J connectivity index is 2.26. The molecular formula is C11H10N2O5S. The SMILES string of the molecule is O=C(O)C1CSCN1C(=O)c1cccc([N+](=O)[O-])c1. The Kier molecular flexibility index (Phi) is 3.70. The van der Waals surface area contributed by atoms with E-state index in [1.54, 1.807) is 0 Å². The third kappa shape index (κ3) is 2.68. The summed E-state index contributed by atoms with van der Waals surface area (Å²) in [6.45, 7) is 0. The van der Waals surface area contributed by atoms with E-state index in [9.17, 15) is 19.7 Å². The van der Waals surface area contributed by atoms with Crippen molar-refractivity contribution in [3.8, 4) is 0 Å². The number of amides is 1. The van der Waals surface area contributed by atoms with Gasteiger partial charge in [-0.05, 0) is 6.07 Å². The number of carbonyl (C=O) groups is 2. The highest BCUT2D eigenvalue weighted by atomic mass is 32.2. The van der Waals surface area contributed by atoms with Crippen LogP contribution in [0.2, 0.25) is 0 Å². The van der Waals surface area contributed by atoms with Gasteiger partial charge in [-0.15, -0.1) is 11.8 Å². The van der Waals surface area contributed by atoms with Crippen molar-refractivity contribution in [2.45, 2.75) is 6.04 Å². The second kappa shape index (κ2) is 5.27. The number of carboxylic acid groups (broad SMARTS) is 1. The fraction of sp³-hybridized carbons (Fsp3) is 0.273. The van der Waals surface area contributed by atoms with Crippen LogP contribution in [0.15, 0.2) is 24.3 Å². The van der Waals surface area contributed by atoms with Gasteiger partial charge in [0.05, 0.1) is 10.8 Å². The number of nitro groups is 1. The maximum atomic E-state index is 12.2. The molecule has 100 valence electrons. The fourth-order valence-corrected chi connectivity index (χ4v) is 2.91. The first-order valence-corrected chi connectivity index (χ1v) is 6.52. The van der Waals surface area contributed by atoms with E-state index < -0.39 is 22.8 Å². The van der Waals surface area contributed by atoms with E-state index in [4.69, 9.17) is 5.11 Å². The predicted molar refractivity (Wildman–Crippen MR) is 68.0 cm³/mol. The van der Waals surface area contributed by atoms with E-state index in [2.05, 4.69) is 0 Å². The molecule has 0 spiro atoms. The van der Waals surface area contributed by atoms with Crippen LogP contribution in [0.25, 0.3) is 0 Å². The molecule has 1 N–H and O–H groups in total. The highest BCUT2D eigenvalue weighted by molar-refractivity contribution is 7.99. The summed E-state index contributed by atoms with van der Waals surface area (Å²) >= 11 is 1.34. The van der Waals surface area contributed by atoms with Gasteiger partial charge in [-0.3, -0.25) is 14.9 Å². The van der Waals surface area contributed by atoms with Crippen LogP contribution in [0.1, 0.15) is 10.4 Å². The van der Waals surface area contributed by atoms with E-state index in [-0.39, 0.29) is 17.1 Å². The Labute approximate surface area is 112 Å². The van der Waals surface area contributed by atoms with Crippen LogP contribution in [0.3, 0.4) is 0 Å². The molecule has 1 saturated heterocycles. The molecule has 0 saturated carbocycles. The first-order chi connectivity index (χ1) is 9.00. The number of carbonyl (C=O) groups excluding carboxylic acids is 1. The number of thioether (sulfide) groups is 1. The zero-order valence-corrected chi connectivity index (χ0v) is 10.5. The number of rotatable bonds is 3. The summed E-state index contributed by atoms with van der Waals surface area (Å²) in [4.78, 5) is 34.4. The van der Waals surface area contributed by atoms with E-state index >= 15 is 0 Å². The van der Waals surface area contributed by atoms with Crippen molar-refractivity contribution in [2.24, 2.45) is 0 Å². The number of aliphatic carboxylic acids is 1. The second-order valence-electron chi connectivity index (χ2n) is 3.94. The molecule has 1 aliphatic heterocycles. The number of hydrogen-bond donors (Lipinski definition) is 1. The summed E-state index contributed by atoms with van der Waals surface area (Å²) in [5.41, 5.74) is -0.0625. The van der Waals surface area contributed by atoms with Gasteiger partial charge in [0.25, 0.3) is 11.6 Å². The zero-order valence-electron chi connectivity index (χ0n) is 9.68. The maximum absolute atomic E-state index is 12.2. The molecule has 1 fully saturated rings. The highest BCUT2D eigenvalue weighted by Gasteiger charge is 2.35. The number of nitro benzene ring substituents is 1. The van der Waals surface area contributed by atoms with Crippen molar-refractivity contribution >= 4 is 29.3 Å². The molecule has 0 aliphatic carbocycles. The first-order valence-electron chi connectivity index (χ1n) is 5.36. The molecule has 7 nitrogen and oxygen atoms in total. The monoisotopic (exact) mass is 282 g/mol. The quantitative estimate of drug-likeness (QED) is 0.660. The Bertz CT molecular complexity index is 548. The third-order valence-electron chi connectivity index (χ3n) is 2.73. The van der Waals surface area contributed by atoms with Gasteiger partial charge in [-0.2, -0.15) is 0 Å². The number of non-ortho nitro benzene ring substituents is 1. The molecule has 1 heterocycles. The van der Waals surface area contributed by atoms with Crippen LogP contribution in [0.4, 0.5) is 5.69 Å². The molecule has 8 heteroatoms. The summed E-state index contributed by atoms with van der Waals surface area (Å²) in [5, 5.41) is 19.7. The van der Waals surface area contributed by atoms with Crippen molar-refractivity contribution in [1.29, 1.82) is 0 Å². The van der Waals surface area contributed by atoms with Crippen LogP contribution in [-0.4, -0.2) is 44.5 Å². The molecule has 19 heavy (non-hydrogen) atoms. The standard InChI is InChI=1S/C11H10N2O5S/c14-10(12-6-19-5-9(12)11(15)16)7-2-1-3-8(4-7)13(17)18/h1-4,9H,5-6H2,(H,15,16). The van der Waals surface area contributed by atoms with Crippen LogP contribution < -0.4 is 0 Å². The lowest BCUT2D eigenvalue weighted by Gasteiger charge is -2.20. The number of hydrogen-bond acceptors (Lipinski definition) is 5. The van der Waals surface area contributed by atoms with E-state index in [1.165, 1.54) is 34.9 Å². The van der Waals surface area contributed by atoms with Crippen molar-refractivity contribution < 1.29 is 19.6 Å². The molecule has 0 radical (unpaired) electrons. The molecule has 1 aliphatic rings. The van der Waals surface area contributed by atoms with E-state index in [0.29, 0.717) is 5.75 Å². The maximum Gasteiger partial charge on any atom is 0.327 e. The topological polar surface area (TPSA) is 101 Å². The third-order valence-corrected chi connectivity index (χ3v) is 3.74. The molecule has 1 aromatic carbocycles. The lowest BCUT2D eigenvalue weighted by Crippen LogP contribution is -2.41. The van der Waals surface area contributed by atoms with Crippen LogP contribution >= 0.6 is 11.8 Å². The molecule has 0 aromatic heterocycles. The van der Waals surface area contributed by atoms with Crippen LogP contribution in [0.5, 0.6) is 0 Å². The largest absolute Gasteiger partial charge is 0.480 e. The molecule has 1 amide bonds. The van der Waals surface area contributed by atoms with E-state index in [1.807, 2.05) is 0 Å². The molecule has 1 aromatic rings. The smallest absolute Gasteiger partial charge is 0.327 e. The molecule has 0 bridgehead atoms. The minimum absolute atomic E-state index is 0.128. The zero-order chi connectivity index (χ0) is 14.0. The lowest BCUT2D eigenvalue weighted by atomic mass is 10.1. The Morgan fingerprint density at radius 1 is 1.47 bits per heavy atom. The molecule has 2 rings (SSSR count). The number of benzene rings is 1. The fourth-order valence-electron chi connectivity index (χ4n) is 1.77. The van der Waals surface area contributed by atoms with Crippen LogP contribution in [0, 0.1) is 10.1 Å². The van der Waals surface area contributed by atoms with Gasteiger partial charge in [0.15, 0.2) is 0 Å². The van der Waals surface area contributed by atoms with Gasteiger partial charge < -0.3 is 10.0 Å². The Morgan fingerprint density at radius 2 is 2.21 bits per heavy atom. The van der Waals surface area contributed by atoms with Crippen LogP contribution in [-0.2, 0) is 4.79 Å². The van der Waals surface area contributed by atoms with Gasteiger partial charge in [0, 0.05) is 23.4 Å². The average Bonchev–Trinajstić information content (AvgIpc) is 2.87. The van der Waals surface area contributed by atoms with E-state index in [0.717, 1.165) is 6.07 Å². The molecule has 1 unspecified atom stereocenters. The summed E-state index contributed by atoms with van der Waals surface area (Å²) < 4.78 is 0. The van der Waals surface area contributed by atoms with Gasteiger partial charge in [-0.1, -0.05) is 6.07 Å². The summed E-state index contributed by atoms with van der Waals surface area (Å²) in [7, 11) is 0. The summed E-state index contributed by atoms with van der Waals surface area (Å²) in [6, 6.07) is 4.41. The highest BCUT2D eigenvalue weighted by Crippen LogP contribution is 2.24.